The van der Waals surface area contributed by atoms with Crippen molar-refractivity contribution in [2.45, 2.75) is 32.2 Å². The number of aliphatic carboxylic acids is 1. The Balaban J connectivity index is 2.84. The van der Waals surface area contributed by atoms with E-state index in [4.69, 9.17) is 10.8 Å². The van der Waals surface area contributed by atoms with Gasteiger partial charge in [0.05, 0.1) is 0 Å². The topological polar surface area (TPSA) is 83.6 Å². The number of para-hydroxylation sites is 1. The molecule has 3 N–H and O–H groups in total. The van der Waals surface area contributed by atoms with E-state index in [0.29, 0.717) is 19.4 Å². The average Bonchev–Trinajstić information content (AvgIpc) is 2.38. The smallest absolute Gasteiger partial charge is 0.303 e. The molecule has 0 fully saturated rings. The molecule has 1 aromatic rings. The standard InChI is InChI=1S/C14H20N2O3/c1-2-12(14(15)19)16(10-6-9-13(17)18)11-7-4-3-5-8-11/h3-5,7-8,12H,2,6,9-10H2,1H3,(H2,15,19)(H,17,18). The monoisotopic (exact) mass is 264 g/mol. The lowest BCUT2D eigenvalue weighted by molar-refractivity contribution is -0.137. The van der Waals surface area contributed by atoms with E-state index < -0.39 is 12.0 Å². The minimum atomic E-state index is -0.833. The van der Waals surface area contributed by atoms with Gasteiger partial charge in [0.1, 0.15) is 6.04 Å². The molecule has 0 saturated carbocycles. The lowest BCUT2D eigenvalue weighted by Gasteiger charge is -2.31. The van der Waals surface area contributed by atoms with Gasteiger partial charge in [0, 0.05) is 18.7 Å². The minimum absolute atomic E-state index is 0.0819. The van der Waals surface area contributed by atoms with Crippen molar-refractivity contribution in [3.63, 3.8) is 0 Å². The van der Waals surface area contributed by atoms with Gasteiger partial charge in [-0.15, -0.1) is 0 Å². The first-order valence-electron chi connectivity index (χ1n) is 6.39. The molecule has 1 atom stereocenters. The van der Waals surface area contributed by atoms with E-state index in [1.807, 2.05) is 42.2 Å². The van der Waals surface area contributed by atoms with E-state index in [-0.39, 0.29) is 12.3 Å². The Kier molecular flexibility index (Phi) is 5.85. The number of carboxylic acid groups (broad SMARTS) is 1. The van der Waals surface area contributed by atoms with Crippen LogP contribution in [0.1, 0.15) is 26.2 Å². The number of anilines is 1. The fourth-order valence-corrected chi connectivity index (χ4v) is 2.06. The van der Waals surface area contributed by atoms with Crippen LogP contribution in [0.25, 0.3) is 0 Å². The number of carboxylic acids is 1. The van der Waals surface area contributed by atoms with Gasteiger partial charge in [-0.3, -0.25) is 9.59 Å². The number of amides is 1. The average molecular weight is 264 g/mol. The SMILES string of the molecule is CCC(C(N)=O)N(CCCC(=O)O)c1ccccc1. The molecule has 1 aromatic carbocycles. The highest BCUT2D eigenvalue weighted by Crippen LogP contribution is 2.19. The molecular formula is C14H20N2O3. The second-order valence-electron chi connectivity index (χ2n) is 4.35. The summed E-state index contributed by atoms with van der Waals surface area (Å²) in [4.78, 5) is 24.0. The maximum atomic E-state index is 11.5. The summed E-state index contributed by atoms with van der Waals surface area (Å²) in [5.41, 5.74) is 6.31. The lowest BCUT2D eigenvalue weighted by Crippen LogP contribution is -2.45. The predicted molar refractivity (Wildman–Crippen MR) is 73.9 cm³/mol. The molecule has 0 radical (unpaired) electrons. The van der Waals surface area contributed by atoms with Crippen LogP contribution in [-0.4, -0.2) is 29.6 Å². The summed E-state index contributed by atoms with van der Waals surface area (Å²) in [6.07, 6.45) is 1.16. The molecule has 5 nitrogen and oxygen atoms in total. The third-order valence-corrected chi connectivity index (χ3v) is 2.97. The van der Waals surface area contributed by atoms with Gasteiger partial charge < -0.3 is 15.7 Å². The molecule has 0 heterocycles. The molecule has 0 spiro atoms. The molecular weight excluding hydrogens is 244 g/mol. The highest BCUT2D eigenvalue weighted by atomic mass is 16.4. The second-order valence-corrected chi connectivity index (χ2v) is 4.35. The van der Waals surface area contributed by atoms with Crippen LogP contribution in [0.2, 0.25) is 0 Å². The Morgan fingerprint density at radius 2 is 1.95 bits per heavy atom. The number of nitrogens with two attached hydrogens (primary N) is 1. The van der Waals surface area contributed by atoms with Gasteiger partial charge >= 0.3 is 5.97 Å². The first-order valence-corrected chi connectivity index (χ1v) is 6.39. The largest absolute Gasteiger partial charge is 0.481 e. The van der Waals surface area contributed by atoms with E-state index in [9.17, 15) is 9.59 Å². The van der Waals surface area contributed by atoms with Crippen molar-refractivity contribution >= 4 is 17.6 Å². The van der Waals surface area contributed by atoms with Crippen LogP contribution >= 0.6 is 0 Å². The van der Waals surface area contributed by atoms with Crippen molar-refractivity contribution in [1.82, 2.24) is 0 Å². The Bertz CT molecular complexity index is 420. The third kappa shape index (κ3) is 4.62. The van der Waals surface area contributed by atoms with Crippen LogP contribution in [0.15, 0.2) is 30.3 Å². The number of primary amides is 1. The Morgan fingerprint density at radius 1 is 1.32 bits per heavy atom. The second kappa shape index (κ2) is 7.41. The van der Waals surface area contributed by atoms with Crippen LogP contribution in [0.3, 0.4) is 0 Å². The van der Waals surface area contributed by atoms with Gasteiger partial charge in [0.15, 0.2) is 0 Å². The van der Waals surface area contributed by atoms with E-state index in [2.05, 4.69) is 0 Å². The zero-order chi connectivity index (χ0) is 14.3. The number of carbonyl (C=O) groups is 2. The molecule has 0 bridgehead atoms. The Hall–Kier alpha value is -2.04. The summed E-state index contributed by atoms with van der Waals surface area (Å²) in [6, 6.07) is 9.04. The van der Waals surface area contributed by atoms with Crippen molar-refractivity contribution in [3.8, 4) is 0 Å². The Morgan fingerprint density at radius 3 is 2.42 bits per heavy atom. The summed E-state index contributed by atoms with van der Waals surface area (Å²) in [6.45, 7) is 2.39. The van der Waals surface area contributed by atoms with Crippen molar-refractivity contribution in [1.29, 1.82) is 0 Å². The minimum Gasteiger partial charge on any atom is -0.481 e. The molecule has 0 aliphatic carbocycles. The highest BCUT2D eigenvalue weighted by Gasteiger charge is 2.22. The van der Waals surface area contributed by atoms with E-state index in [0.717, 1.165) is 5.69 Å². The molecule has 104 valence electrons. The molecule has 5 heteroatoms. The molecule has 0 aliphatic rings. The lowest BCUT2D eigenvalue weighted by atomic mass is 10.1. The van der Waals surface area contributed by atoms with Crippen LogP contribution in [0.5, 0.6) is 0 Å². The molecule has 0 aromatic heterocycles. The molecule has 19 heavy (non-hydrogen) atoms. The maximum Gasteiger partial charge on any atom is 0.303 e. The zero-order valence-corrected chi connectivity index (χ0v) is 11.1. The Labute approximate surface area is 113 Å². The first-order chi connectivity index (χ1) is 9.06. The molecule has 1 amide bonds. The number of hydrogen-bond donors (Lipinski definition) is 2. The quantitative estimate of drug-likeness (QED) is 0.747. The summed E-state index contributed by atoms with van der Waals surface area (Å²) >= 11 is 0. The van der Waals surface area contributed by atoms with E-state index >= 15 is 0 Å². The number of carbonyl (C=O) groups excluding carboxylic acids is 1. The number of benzene rings is 1. The molecule has 1 unspecified atom stereocenters. The summed E-state index contributed by atoms with van der Waals surface area (Å²) < 4.78 is 0. The maximum absolute atomic E-state index is 11.5. The summed E-state index contributed by atoms with van der Waals surface area (Å²) in [5.74, 6) is -1.22. The van der Waals surface area contributed by atoms with Crippen LogP contribution < -0.4 is 10.6 Å². The fourth-order valence-electron chi connectivity index (χ4n) is 2.06. The number of rotatable bonds is 8. The van der Waals surface area contributed by atoms with E-state index in [1.54, 1.807) is 0 Å². The van der Waals surface area contributed by atoms with Crippen molar-refractivity contribution in [3.05, 3.63) is 30.3 Å². The fraction of sp³-hybridized carbons (Fsp3) is 0.429. The predicted octanol–water partition coefficient (Wildman–Crippen LogP) is 1.62. The zero-order valence-electron chi connectivity index (χ0n) is 11.1. The normalized spacial score (nSPS) is 11.8. The van der Waals surface area contributed by atoms with Gasteiger partial charge in [-0.05, 0) is 25.0 Å². The van der Waals surface area contributed by atoms with Gasteiger partial charge in [-0.25, -0.2) is 0 Å². The number of nitrogens with zero attached hydrogens (tertiary/aromatic N) is 1. The summed E-state index contributed by atoms with van der Waals surface area (Å²) in [5, 5.41) is 8.69. The van der Waals surface area contributed by atoms with Crippen molar-refractivity contribution in [2.24, 2.45) is 5.73 Å². The summed E-state index contributed by atoms with van der Waals surface area (Å²) in [7, 11) is 0. The highest BCUT2D eigenvalue weighted by molar-refractivity contribution is 5.83. The van der Waals surface area contributed by atoms with Crippen LogP contribution in [-0.2, 0) is 9.59 Å². The van der Waals surface area contributed by atoms with Gasteiger partial charge in [0.2, 0.25) is 5.91 Å². The van der Waals surface area contributed by atoms with Crippen molar-refractivity contribution in [2.75, 3.05) is 11.4 Å². The van der Waals surface area contributed by atoms with Gasteiger partial charge in [-0.2, -0.15) is 0 Å². The van der Waals surface area contributed by atoms with Crippen LogP contribution in [0.4, 0.5) is 5.69 Å². The first kappa shape index (κ1) is 15.0. The third-order valence-electron chi connectivity index (χ3n) is 2.97. The van der Waals surface area contributed by atoms with Crippen molar-refractivity contribution < 1.29 is 14.7 Å². The van der Waals surface area contributed by atoms with E-state index in [1.165, 1.54) is 0 Å². The molecule has 1 rings (SSSR count). The molecule has 0 aliphatic heterocycles. The van der Waals surface area contributed by atoms with Gasteiger partial charge in [0.25, 0.3) is 0 Å². The number of hydrogen-bond acceptors (Lipinski definition) is 3. The van der Waals surface area contributed by atoms with Gasteiger partial charge in [-0.1, -0.05) is 25.1 Å². The van der Waals surface area contributed by atoms with Crippen LogP contribution in [0, 0.1) is 0 Å². The molecule has 0 saturated heterocycles.